The molecule has 2 heterocycles. The standard InChI is InChI=1S/C20H24INO4/c1-20(2)12-25-19(26-13-20)15-5-6-16(21)17(10-15)24-9-8-14-4-7-18(23-3)22-11-14/h4-7,10-11,19H,8-9,12-13H2,1-3H3. The Bertz CT molecular complexity index is 723. The summed E-state index contributed by atoms with van der Waals surface area (Å²) in [4.78, 5) is 4.22. The molecule has 26 heavy (non-hydrogen) atoms. The van der Waals surface area contributed by atoms with Crippen molar-refractivity contribution in [1.82, 2.24) is 4.98 Å². The fourth-order valence-corrected chi connectivity index (χ4v) is 3.11. The van der Waals surface area contributed by atoms with Gasteiger partial charge in [-0.05, 0) is 40.3 Å². The Morgan fingerprint density at radius 3 is 2.62 bits per heavy atom. The minimum absolute atomic E-state index is 0.0609. The van der Waals surface area contributed by atoms with Gasteiger partial charge in [-0.1, -0.05) is 26.0 Å². The minimum atomic E-state index is -0.326. The van der Waals surface area contributed by atoms with E-state index < -0.39 is 0 Å². The number of benzene rings is 1. The predicted molar refractivity (Wildman–Crippen MR) is 108 cm³/mol. The normalized spacial score (nSPS) is 17.1. The molecule has 0 aliphatic carbocycles. The Balaban J connectivity index is 1.59. The van der Waals surface area contributed by atoms with Crippen LogP contribution in [-0.4, -0.2) is 31.9 Å². The van der Waals surface area contributed by atoms with Gasteiger partial charge in [-0.25, -0.2) is 4.98 Å². The van der Waals surface area contributed by atoms with Gasteiger partial charge in [-0.2, -0.15) is 0 Å². The maximum absolute atomic E-state index is 5.99. The summed E-state index contributed by atoms with van der Waals surface area (Å²) < 4.78 is 23.9. The van der Waals surface area contributed by atoms with Gasteiger partial charge >= 0.3 is 0 Å². The number of aromatic nitrogens is 1. The topological polar surface area (TPSA) is 49.8 Å². The summed E-state index contributed by atoms with van der Waals surface area (Å²) in [6.45, 7) is 6.22. The monoisotopic (exact) mass is 469 g/mol. The van der Waals surface area contributed by atoms with Crippen molar-refractivity contribution in [2.45, 2.75) is 26.6 Å². The largest absolute Gasteiger partial charge is 0.492 e. The van der Waals surface area contributed by atoms with Crippen LogP contribution in [0.25, 0.3) is 0 Å². The molecule has 0 spiro atoms. The highest BCUT2D eigenvalue weighted by atomic mass is 127. The first-order chi connectivity index (χ1) is 12.5. The average Bonchev–Trinajstić information content (AvgIpc) is 2.64. The van der Waals surface area contributed by atoms with Crippen molar-refractivity contribution in [1.29, 1.82) is 0 Å². The lowest BCUT2D eigenvalue weighted by atomic mass is 9.95. The van der Waals surface area contributed by atoms with Crippen molar-refractivity contribution in [2.24, 2.45) is 5.41 Å². The zero-order valence-corrected chi connectivity index (χ0v) is 17.5. The molecule has 0 saturated carbocycles. The van der Waals surface area contributed by atoms with E-state index in [0.29, 0.717) is 25.7 Å². The van der Waals surface area contributed by atoms with Crippen LogP contribution in [0.4, 0.5) is 0 Å². The Kier molecular flexibility index (Phi) is 6.37. The Morgan fingerprint density at radius 2 is 1.96 bits per heavy atom. The van der Waals surface area contributed by atoms with Crippen LogP contribution >= 0.6 is 22.6 Å². The molecule has 1 aromatic heterocycles. The Hall–Kier alpha value is -1.38. The number of nitrogens with zero attached hydrogens (tertiary/aromatic N) is 1. The molecular formula is C20H24INO4. The number of methoxy groups -OCH3 is 1. The molecule has 6 heteroatoms. The SMILES string of the molecule is COc1ccc(CCOc2cc(C3OCC(C)(C)CO3)ccc2I)cn1. The Labute approximate surface area is 168 Å². The molecule has 0 N–H and O–H groups in total. The van der Waals surface area contributed by atoms with Crippen molar-refractivity contribution in [3.8, 4) is 11.6 Å². The van der Waals surface area contributed by atoms with Gasteiger partial charge in [0.25, 0.3) is 0 Å². The van der Waals surface area contributed by atoms with E-state index in [0.717, 1.165) is 26.9 Å². The second-order valence-electron chi connectivity index (χ2n) is 7.12. The lowest BCUT2D eigenvalue weighted by Crippen LogP contribution is -2.33. The zero-order valence-electron chi connectivity index (χ0n) is 15.3. The highest BCUT2D eigenvalue weighted by Gasteiger charge is 2.29. The number of pyridine rings is 1. The van der Waals surface area contributed by atoms with Crippen LogP contribution in [0.1, 0.15) is 31.3 Å². The van der Waals surface area contributed by atoms with E-state index in [1.54, 1.807) is 7.11 Å². The summed E-state index contributed by atoms with van der Waals surface area (Å²) in [5.74, 6) is 1.47. The third-order valence-electron chi connectivity index (χ3n) is 4.13. The molecule has 2 aromatic rings. The summed E-state index contributed by atoms with van der Waals surface area (Å²) in [7, 11) is 1.61. The van der Waals surface area contributed by atoms with Crippen LogP contribution in [0.15, 0.2) is 36.5 Å². The number of hydrogen-bond donors (Lipinski definition) is 0. The molecular weight excluding hydrogens is 445 g/mol. The van der Waals surface area contributed by atoms with E-state index in [9.17, 15) is 0 Å². The number of ether oxygens (including phenoxy) is 4. The molecule has 0 amide bonds. The van der Waals surface area contributed by atoms with Crippen LogP contribution in [0.5, 0.6) is 11.6 Å². The maximum Gasteiger partial charge on any atom is 0.212 e. The van der Waals surface area contributed by atoms with Gasteiger partial charge in [0.15, 0.2) is 6.29 Å². The van der Waals surface area contributed by atoms with Crippen molar-refractivity contribution in [3.05, 3.63) is 51.2 Å². The predicted octanol–water partition coefficient (Wildman–Crippen LogP) is 4.39. The third-order valence-corrected chi connectivity index (χ3v) is 5.02. The molecule has 0 atom stereocenters. The van der Waals surface area contributed by atoms with Gasteiger partial charge in [0.1, 0.15) is 5.75 Å². The number of halogens is 1. The van der Waals surface area contributed by atoms with E-state index in [4.69, 9.17) is 18.9 Å². The molecule has 0 unspecified atom stereocenters. The molecule has 0 bridgehead atoms. The van der Waals surface area contributed by atoms with Gasteiger partial charge < -0.3 is 18.9 Å². The second kappa shape index (κ2) is 8.54. The minimum Gasteiger partial charge on any atom is -0.492 e. The van der Waals surface area contributed by atoms with Crippen molar-refractivity contribution in [3.63, 3.8) is 0 Å². The van der Waals surface area contributed by atoms with Crippen molar-refractivity contribution < 1.29 is 18.9 Å². The molecule has 140 valence electrons. The van der Waals surface area contributed by atoms with E-state index in [2.05, 4.69) is 41.4 Å². The third kappa shape index (κ3) is 5.08. The van der Waals surface area contributed by atoms with Crippen LogP contribution in [0.2, 0.25) is 0 Å². The molecule has 1 fully saturated rings. The molecule has 1 saturated heterocycles. The van der Waals surface area contributed by atoms with Crippen molar-refractivity contribution in [2.75, 3.05) is 26.9 Å². The van der Waals surface area contributed by atoms with Crippen LogP contribution in [0, 0.1) is 8.99 Å². The summed E-state index contributed by atoms with van der Waals surface area (Å²) in [5, 5.41) is 0. The fraction of sp³-hybridized carbons (Fsp3) is 0.450. The first kappa shape index (κ1) is 19.4. The second-order valence-corrected chi connectivity index (χ2v) is 8.28. The van der Waals surface area contributed by atoms with Crippen LogP contribution < -0.4 is 9.47 Å². The van der Waals surface area contributed by atoms with E-state index in [-0.39, 0.29) is 11.7 Å². The zero-order chi connectivity index (χ0) is 18.6. The van der Waals surface area contributed by atoms with Crippen LogP contribution in [-0.2, 0) is 15.9 Å². The van der Waals surface area contributed by atoms with E-state index in [1.807, 2.05) is 36.5 Å². The highest BCUT2D eigenvalue weighted by molar-refractivity contribution is 14.1. The molecule has 5 nitrogen and oxygen atoms in total. The van der Waals surface area contributed by atoms with Gasteiger partial charge in [0.2, 0.25) is 5.88 Å². The van der Waals surface area contributed by atoms with E-state index >= 15 is 0 Å². The molecule has 1 aliphatic rings. The Morgan fingerprint density at radius 1 is 1.19 bits per heavy atom. The lowest BCUT2D eigenvalue weighted by molar-refractivity contribution is -0.226. The summed E-state index contributed by atoms with van der Waals surface area (Å²) in [5.41, 5.74) is 2.16. The fourth-order valence-electron chi connectivity index (χ4n) is 2.62. The molecule has 3 rings (SSSR count). The maximum atomic E-state index is 5.99. The summed E-state index contributed by atoms with van der Waals surface area (Å²) in [6.07, 6.45) is 2.27. The number of hydrogen-bond acceptors (Lipinski definition) is 5. The van der Waals surface area contributed by atoms with E-state index in [1.165, 1.54) is 0 Å². The highest BCUT2D eigenvalue weighted by Crippen LogP contribution is 2.33. The van der Waals surface area contributed by atoms with Crippen molar-refractivity contribution >= 4 is 22.6 Å². The summed E-state index contributed by atoms with van der Waals surface area (Å²) >= 11 is 2.28. The first-order valence-corrected chi connectivity index (χ1v) is 9.69. The molecule has 1 aromatic carbocycles. The lowest BCUT2D eigenvalue weighted by Gasteiger charge is -2.34. The van der Waals surface area contributed by atoms with Gasteiger partial charge in [-0.15, -0.1) is 0 Å². The van der Waals surface area contributed by atoms with Crippen LogP contribution in [0.3, 0.4) is 0 Å². The average molecular weight is 469 g/mol. The molecule has 1 aliphatic heterocycles. The van der Waals surface area contributed by atoms with Gasteiger partial charge in [0, 0.05) is 29.7 Å². The first-order valence-electron chi connectivity index (χ1n) is 8.61. The quantitative estimate of drug-likeness (QED) is 0.588. The van der Waals surface area contributed by atoms with Gasteiger partial charge in [0.05, 0.1) is 30.5 Å². The molecule has 0 radical (unpaired) electrons. The number of rotatable bonds is 6. The van der Waals surface area contributed by atoms with Gasteiger partial charge in [-0.3, -0.25) is 0 Å². The summed E-state index contributed by atoms with van der Waals surface area (Å²) in [6, 6.07) is 9.94. The smallest absolute Gasteiger partial charge is 0.212 e.